The molecular formula is C76H118O6. The van der Waals surface area contributed by atoms with Crippen LogP contribution in [-0.4, -0.2) is 37.2 Å². The van der Waals surface area contributed by atoms with Crippen LogP contribution in [0.3, 0.4) is 0 Å². The van der Waals surface area contributed by atoms with Crippen LogP contribution in [0.1, 0.15) is 258 Å². The van der Waals surface area contributed by atoms with Gasteiger partial charge in [-0.05, 0) is 161 Å². The summed E-state index contributed by atoms with van der Waals surface area (Å²) in [6.07, 6.45) is 102. The lowest BCUT2D eigenvalue weighted by molar-refractivity contribution is -0.167. The number of hydrogen-bond donors (Lipinski definition) is 0. The third-order valence-electron chi connectivity index (χ3n) is 13.1. The Morgan fingerprint density at radius 1 is 0.256 bits per heavy atom. The van der Waals surface area contributed by atoms with Crippen molar-refractivity contribution in [1.29, 1.82) is 0 Å². The van der Waals surface area contributed by atoms with Crippen LogP contribution in [0.15, 0.2) is 182 Å². The Morgan fingerprint density at radius 2 is 0.476 bits per heavy atom. The smallest absolute Gasteiger partial charge is 0.306 e. The van der Waals surface area contributed by atoms with Crippen molar-refractivity contribution in [3.63, 3.8) is 0 Å². The first-order valence-corrected chi connectivity index (χ1v) is 32.8. The molecule has 0 aromatic carbocycles. The molecule has 0 spiro atoms. The summed E-state index contributed by atoms with van der Waals surface area (Å²) in [5.41, 5.74) is 0. The van der Waals surface area contributed by atoms with Crippen LogP contribution in [0, 0.1) is 0 Å². The van der Waals surface area contributed by atoms with E-state index in [9.17, 15) is 14.4 Å². The molecule has 0 saturated heterocycles. The average molecular weight is 1130 g/mol. The van der Waals surface area contributed by atoms with Crippen molar-refractivity contribution in [2.24, 2.45) is 0 Å². The minimum Gasteiger partial charge on any atom is -0.462 e. The van der Waals surface area contributed by atoms with Gasteiger partial charge in [0.05, 0.1) is 0 Å². The van der Waals surface area contributed by atoms with E-state index in [4.69, 9.17) is 14.2 Å². The number of carbonyl (C=O) groups excluding carboxylic acids is 3. The SMILES string of the molecule is CC/C=C\C/C=C\C/C=C\C/C=C\C/C=C\C/C=C\C/C=C\C/C=C\C/C=C\C/C=C\CCCCC(=O)OCC(COC(=O)CCCC/C=C\C/C=C\C/C=C\C/C=C\CC)OC(=O)CCCCCCC/C=C\CCCCCCCCC. The van der Waals surface area contributed by atoms with Gasteiger partial charge in [-0.15, -0.1) is 0 Å². The van der Waals surface area contributed by atoms with Crippen molar-refractivity contribution in [3.05, 3.63) is 182 Å². The fourth-order valence-electron chi connectivity index (χ4n) is 8.28. The summed E-state index contributed by atoms with van der Waals surface area (Å²) in [4.78, 5) is 38.3. The van der Waals surface area contributed by atoms with E-state index in [1.54, 1.807) is 0 Å². The van der Waals surface area contributed by atoms with E-state index < -0.39 is 6.10 Å². The van der Waals surface area contributed by atoms with E-state index in [0.29, 0.717) is 19.3 Å². The molecule has 0 aliphatic carbocycles. The molecule has 0 aliphatic heterocycles. The normalized spacial score (nSPS) is 13.4. The van der Waals surface area contributed by atoms with Crippen LogP contribution in [0.5, 0.6) is 0 Å². The highest BCUT2D eigenvalue weighted by Crippen LogP contribution is 2.13. The Labute approximate surface area is 504 Å². The standard InChI is InChI=1S/C76H118O6/c1-4-7-10-13-16-19-22-25-28-30-31-32-33-34-35-36-37-38-39-40-41-42-43-44-45-46-49-51-54-57-60-63-66-69-75(78)81-72-73(71-80-74(77)68-65-62-59-56-53-50-47-27-24-21-18-15-12-9-6-3)82-76(79)70-67-64-61-58-55-52-48-29-26-23-20-17-14-11-8-5-2/h7,9-10,12,16,18-19,21,25,27-29,31-32,34-35,37-38,40-41,43-44,46-49,53-54,56-57,73H,4-6,8,11,13-15,17,20,22-24,26,30,33,36,39,42,45,50-52,55,58-72H2,1-3H3/b10-7-,12-9-,19-16-,21-18-,28-25-,32-31-,35-34-,38-37-,41-40-,44-43-,47-27-,48-29-,49-46-,56-53-,57-54-. The van der Waals surface area contributed by atoms with Gasteiger partial charge in [-0.1, -0.05) is 261 Å². The van der Waals surface area contributed by atoms with Gasteiger partial charge in [0.1, 0.15) is 13.2 Å². The van der Waals surface area contributed by atoms with Crippen LogP contribution in [0.2, 0.25) is 0 Å². The largest absolute Gasteiger partial charge is 0.462 e. The van der Waals surface area contributed by atoms with Gasteiger partial charge >= 0.3 is 17.9 Å². The lowest BCUT2D eigenvalue weighted by atomic mass is 10.1. The molecule has 0 rings (SSSR count). The lowest BCUT2D eigenvalue weighted by Gasteiger charge is -2.18. The molecular weight excluding hydrogens is 1010 g/mol. The van der Waals surface area contributed by atoms with E-state index >= 15 is 0 Å². The molecule has 0 saturated carbocycles. The van der Waals surface area contributed by atoms with Crippen molar-refractivity contribution >= 4 is 17.9 Å². The maximum atomic E-state index is 12.9. The molecule has 0 amide bonds. The molecule has 0 radical (unpaired) electrons. The minimum atomic E-state index is -0.828. The van der Waals surface area contributed by atoms with Gasteiger partial charge in [-0.25, -0.2) is 0 Å². The fraction of sp³-hybridized carbons (Fsp3) is 0.566. The van der Waals surface area contributed by atoms with Crippen molar-refractivity contribution in [3.8, 4) is 0 Å². The van der Waals surface area contributed by atoms with Gasteiger partial charge in [-0.2, -0.15) is 0 Å². The third-order valence-corrected chi connectivity index (χ3v) is 13.1. The number of carbonyl (C=O) groups is 3. The Balaban J connectivity index is 4.46. The first-order chi connectivity index (χ1) is 40.5. The molecule has 0 aliphatic rings. The van der Waals surface area contributed by atoms with Crippen LogP contribution in [-0.2, 0) is 28.6 Å². The maximum absolute atomic E-state index is 12.9. The van der Waals surface area contributed by atoms with Crippen LogP contribution >= 0.6 is 0 Å². The number of hydrogen-bond acceptors (Lipinski definition) is 6. The second-order valence-corrected chi connectivity index (χ2v) is 20.9. The molecule has 0 heterocycles. The highest BCUT2D eigenvalue weighted by Gasteiger charge is 2.19. The number of ether oxygens (including phenoxy) is 3. The Bertz CT molecular complexity index is 1920. The van der Waals surface area contributed by atoms with Gasteiger partial charge in [0.15, 0.2) is 6.10 Å². The predicted molar refractivity (Wildman–Crippen MR) is 357 cm³/mol. The molecule has 82 heavy (non-hydrogen) atoms. The summed E-state index contributed by atoms with van der Waals surface area (Å²) in [6, 6.07) is 0. The molecule has 6 heteroatoms. The zero-order chi connectivity index (χ0) is 59.2. The van der Waals surface area contributed by atoms with Crippen molar-refractivity contribution in [2.45, 2.75) is 264 Å². The minimum absolute atomic E-state index is 0.125. The first-order valence-electron chi connectivity index (χ1n) is 32.8. The van der Waals surface area contributed by atoms with Crippen molar-refractivity contribution in [1.82, 2.24) is 0 Å². The van der Waals surface area contributed by atoms with Gasteiger partial charge < -0.3 is 14.2 Å². The topological polar surface area (TPSA) is 78.9 Å². The monoisotopic (exact) mass is 1130 g/mol. The molecule has 1 unspecified atom stereocenters. The maximum Gasteiger partial charge on any atom is 0.306 e. The Morgan fingerprint density at radius 3 is 0.780 bits per heavy atom. The number of allylic oxidation sites excluding steroid dienone is 30. The van der Waals surface area contributed by atoms with E-state index in [1.165, 1.54) is 57.8 Å². The first kappa shape index (κ1) is 76.5. The molecule has 0 N–H and O–H groups in total. The highest BCUT2D eigenvalue weighted by molar-refractivity contribution is 5.71. The van der Waals surface area contributed by atoms with E-state index in [2.05, 4.69) is 203 Å². The van der Waals surface area contributed by atoms with Gasteiger partial charge in [0.25, 0.3) is 0 Å². The number of esters is 3. The zero-order valence-corrected chi connectivity index (χ0v) is 52.4. The van der Waals surface area contributed by atoms with Crippen LogP contribution in [0.4, 0.5) is 0 Å². The van der Waals surface area contributed by atoms with Crippen molar-refractivity contribution < 1.29 is 28.6 Å². The summed E-state index contributed by atoms with van der Waals surface area (Å²) in [7, 11) is 0. The van der Waals surface area contributed by atoms with Crippen molar-refractivity contribution in [2.75, 3.05) is 13.2 Å². The van der Waals surface area contributed by atoms with E-state index in [0.717, 1.165) is 148 Å². The second kappa shape index (κ2) is 68.0. The molecule has 1 atom stereocenters. The van der Waals surface area contributed by atoms with Gasteiger partial charge in [0, 0.05) is 19.3 Å². The number of rotatable bonds is 57. The molecule has 0 aromatic rings. The summed E-state index contributed by atoms with van der Waals surface area (Å²) in [5, 5.41) is 0. The Kier molecular flexibility index (Phi) is 63.5. The quantitative estimate of drug-likeness (QED) is 0.0261. The third kappa shape index (κ3) is 65.3. The second-order valence-electron chi connectivity index (χ2n) is 20.9. The van der Waals surface area contributed by atoms with E-state index in [1.807, 2.05) is 0 Å². The lowest BCUT2D eigenvalue weighted by Crippen LogP contribution is -2.30. The molecule has 0 fully saturated rings. The summed E-state index contributed by atoms with van der Waals surface area (Å²) in [5.74, 6) is -1.02. The van der Waals surface area contributed by atoms with Gasteiger partial charge in [0.2, 0.25) is 0 Å². The Hall–Kier alpha value is -5.49. The van der Waals surface area contributed by atoms with Crippen LogP contribution < -0.4 is 0 Å². The van der Waals surface area contributed by atoms with Crippen LogP contribution in [0.25, 0.3) is 0 Å². The van der Waals surface area contributed by atoms with Gasteiger partial charge in [-0.3, -0.25) is 14.4 Å². The summed E-state index contributed by atoms with van der Waals surface area (Å²) in [6.45, 7) is 6.32. The zero-order valence-electron chi connectivity index (χ0n) is 52.4. The highest BCUT2D eigenvalue weighted by atomic mass is 16.6. The van der Waals surface area contributed by atoms with E-state index in [-0.39, 0.29) is 44.0 Å². The predicted octanol–water partition coefficient (Wildman–Crippen LogP) is 22.8. The molecule has 0 aromatic heterocycles. The molecule has 0 bridgehead atoms. The summed E-state index contributed by atoms with van der Waals surface area (Å²) >= 11 is 0. The molecule has 6 nitrogen and oxygen atoms in total. The summed E-state index contributed by atoms with van der Waals surface area (Å²) < 4.78 is 16.8. The fourth-order valence-corrected chi connectivity index (χ4v) is 8.28. The number of unbranched alkanes of at least 4 members (excludes halogenated alkanes) is 16. The average Bonchev–Trinajstić information content (AvgIpc) is 3.47. The molecule has 458 valence electrons.